The molecule has 0 aromatic heterocycles. The molecule has 0 aliphatic carbocycles. The van der Waals surface area contributed by atoms with Crippen molar-refractivity contribution < 1.29 is 14.3 Å². The number of urea groups is 1. The van der Waals surface area contributed by atoms with Crippen LogP contribution in [0.4, 0.5) is 10.5 Å². The third kappa shape index (κ3) is 4.72. The molecule has 1 atom stereocenters. The average Bonchev–Trinajstić information content (AvgIpc) is 3.02. The summed E-state index contributed by atoms with van der Waals surface area (Å²) in [7, 11) is 1.83. The Kier molecular flexibility index (Phi) is 5.91. The second kappa shape index (κ2) is 8.34. The number of nitrogens with zero attached hydrogens (tertiary/aromatic N) is 2. The van der Waals surface area contributed by atoms with E-state index in [4.69, 9.17) is 4.74 Å². The standard InChI is InChI=1S/C19H27N3O3/c1-21(13-15-7-9-25-10-8-15)19(24)20-12-16-11-18(23)22(14-16)17-5-3-2-4-6-17/h2-6,15-16H,7-14H2,1H3,(H,20,24)/t16-/m1/s1. The highest BCUT2D eigenvalue weighted by molar-refractivity contribution is 5.95. The topological polar surface area (TPSA) is 61.9 Å². The van der Waals surface area contributed by atoms with Crippen molar-refractivity contribution >= 4 is 17.6 Å². The van der Waals surface area contributed by atoms with Gasteiger partial charge in [0.25, 0.3) is 0 Å². The van der Waals surface area contributed by atoms with Gasteiger partial charge >= 0.3 is 6.03 Å². The van der Waals surface area contributed by atoms with Crippen molar-refractivity contribution in [2.24, 2.45) is 11.8 Å². The normalized spacial score (nSPS) is 21.4. The lowest BCUT2D eigenvalue weighted by Gasteiger charge is -2.27. The zero-order chi connectivity index (χ0) is 17.6. The average molecular weight is 345 g/mol. The molecule has 0 saturated carbocycles. The van der Waals surface area contributed by atoms with Crippen molar-refractivity contribution in [1.82, 2.24) is 10.2 Å². The molecule has 25 heavy (non-hydrogen) atoms. The summed E-state index contributed by atoms with van der Waals surface area (Å²) in [5.74, 6) is 0.806. The van der Waals surface area contributed by atoms with Crippen LogP contribution in [0.2, 0.25) is 0 Å². The van der Waals surface area contributed by atoms with Crippen LogP contribution in [-0.4, -0.2) is 56.7 Å². The fraction of sp³-hybridized carbons (Fsp3) is 0.579. The second-order valence-corrected chi connectivity index (χ2v) is 7.03. The Hall–Kier alpha value is -2.08. The zero-order valence-electron chi connectivity index (χ0n) is 14.8. The first-order valence-corrected chi connectivity index (χ1v) is 9.05. The van der Waals surface area contributed by atoms with E-state index in [1.807, 2.05) is 42.3 Å². The highest BCUT2D eigenvalue weighted by Gasteiger charge is 2.31. The third-order valence-electron chi connectivity index (χ3n) is 5.03. The van der Waals surface area contributed by atoms with Gasteiger partial charge in [-0.2, -0.15) is 0 Å². The van der Waals surface area contributed by atoms with Crippen molar-refractivity contribution in [2.45, 2.75) is 19.3 Å². The number of carbonyl (C=O) groups is 2. The van der Waals surface area contributed by atoms with Gasteiger partial charge in [-0.05, 0) is 30.9 Å². The van der Waals surface area contributed by atoms with E-state index in [0.29, 0.717) is 25.4 Å². The number of para-hydroxylation sites is 1. The SMILES string of the molecule is CN(CC1CCOCC1)C(=O)NC[C@H]1CC(=O)N(c2ccccc2)C1. The van der Waals surface area contributed by atoms with Gasteiger partial charge in [-0.15, -0.1) is 0 Å². The zero-order valence-corrected chi connectivity index (χ0v) is 14.8. The van der Waals surface area contributed by atoms with Crippen LogP contribution in [0.25, 0.3) is 0 Å². The van der Waals surface area contributed by atoms with Crippen LogP contribution in [0.3, 0.4) is 0 Å². The van der Waals surface area contributed by atoms with E-state index in [-0.39, 0.29) is 17.9 Å². The lowest BCUT2D eigenvalue weighted by molar-refractivity contribution is -0.117. The number of hydrogen-bond donors (Lipinski definition) is 1. The van der Waals surface area contributed by atoms with Gasteiger partial charge in [0.15, 0.2) is 0 Å². The first-order chi connectivity index (χ1) is 12.1. The van der Waals surface area contributed by atoms with E-state index in [1.165, 1.54) is 0 Å². The minimum Gasteiger partial charge on any atom is -0.381 e. The molecule has 0 radical (unpaired) electrons. The Balaban J connectivity index is 1.44. The summed E-state index contributed by atoms with van der Waals surface area (Å²) in [5.41, 5.74) is 0.929. The monoisotopic (exact) mass is 345 g/mol. The van der Waals surface area contributed by atoms with Gasteiger partial charge in [-0.25, -0.2) is 4.79 Å². The summed E-state index contributed by atoms with van der Waals surface area (Å²) in [6, 6.07) is 9.64. The maximum Gasteiger partial charge on any atom is 0.317 e. The predicted octanol–water partition coefficient (Wildman–Crippen LogP) is 2.11. The van der Waals surface area contributed by atoms with Crippen LogP contribution in [0, 0.1) is 11.8 Å². The third-order valence-corrected chi connectivity index (χ3v) is 5.03. The van der Waals surface area contributed by atoms with E-state index < -0.39 is 0 Å². The van der Waals surface area contributed by atoms with Crippen molar-refractivity contribution in [3.63, 3.8) is 0 Å². The molecule has 3 rings (SSSR count). The molecule has 2 fully saturated rings. The van der Waals surface area contributed by atoms with Crippen molar-refractivity contribution in [1.29, 1.82) is 0 Å². The molecule has 3 amide bonds. The molecule has 0 spiro atoms. The first-order valence-electron chi connectivity index (χ1n) is 9.05. The Morgan fingerprint density at radius 2 is 1.96 bits per heavy atom. The van der Waals surface area contributed by atoms with Gasteiger partial charge < -0.3 is 19.9 Å². The summed E-state index contributed by atoms with van der Waals surface area (Å²) in [6.45, 7) is 3.53. The van der Waals surface area contributed by atoms with E-state index in [1.54, 1.807) is 4.90 Å². The molecular weight excluding hydrogens is 318 g/mol. The molecule has 2 heterocycles. The first kappa shape index (κ1) is 17.7. The lowest BCUT2D eigenvalue weighted by Crippen LogP contribution is -2.42. The molecule has 0 bridgehead atoms. The maximum atomic E-state index is 12.3. The summed E-state index contributed by atoms with van der Waals surface area (Å²) in [5, 5.41) is 2.98. The number of rotatable bonds is 5. The largest absolute Gasteiger partial charge is 0.381 e. The van der Waals surface area contributed by atoms with Gasteiger partial charge in [0.2, 0.25) is 5.91 Å². The van der Waals surface area contributed by atoms with E-state index >= 15 is 0 Å². The minimum atomic E-state index is -0.0582. The van der Waals surface area contributed by atoms with Gasteiger partial charge in [-0.3, -0.25) is 4.79 Å². The molecule has 2 aliphatic heterocycles. The number of ether oxygens (including phenoxy) is 1. The van der Waals surface area contributed by atoms with Crippen LogP contribution in [0.5, 0.6) is 0 Å². The van der Waals surface area contributed by atoms with Gasteiger partial charge in [-0.1, -0.05) is 18.2 Å². The van der Waals surface area contributed by atoms with Crippen LogP contribution < -0.4 is 10.2 Å². The van der Waals surface area contributed by atoms with Crippen molar-refractivity contribution in [3.8, 4) is 0 Å². The molecular formula is C19H27N3O3. The highest BCUT2D eigenvalue weighted by Crippen LogP contribution is 2.24. The lowest BCUT2D eigenvalue weighted by atomic mass is 10.00. The summed E-state index contributed by atoms with van der Waals surface area (Å²) in [4.78, 5) is 28.1. The predicted molar refractivity (Wildman–Crippen MR) is 96.5 cm³/mol. The minimum absolute atomic E-state index is 0.0582. The van der Waals surface area contributed by atoms with E-state index in [0.717, 1.165) is 38.3 Å². The second-order valence-electron chi connectivity index (χ2n) is 7.03. The van der Waals surface area contributed by atoms with Crippen LogP contribution in [-0.2, 0) is 9.53 Å². The van der Waals surface area contributed by atoms with Crippen LogP contribution in [0.1, 0.15) is 19.3 Å². The molecule has 136 valence electrons. The number of anilines is 1. The van der Waals surface area contributed by atoms with Gasteiger partial charge in [0.05, 0.1) is 0 Å². The molecule has 1 aromatic rings. The maximum absolute atomic E-state index is 12.3. The van der Waals surface area contributed by atoms with Crippen LogP contribution >= 0.6 is 0 Å². The summed E-state index contributed by atoms with van der Waals surface area (Å²) >= 11 is 0. The highest BCUT2D eigenvalue weighted by atomic mass is 16.5. The molecule has 6 heteroatoms. The fourth-order valence-corrected chi connectivity index (χ4v) is 3.54. The Bertz CT molecular complexity index is 587. The Morgan fingerprint density at radius 1 is 1.24 bits per heavy atom. The number of benzene rings is 1. The molecule has 1 N–H and O–H groups in total. The number of nitrogens with one attached hydrogen (secondary N) is 1. The molecule has 6 nitrogen and oxygen atoms in total. The molecule has 2 saturated heterocycles. The molecule has 2 aliphatic rings. The number of amides is 3. The smallest absolute Gasteiger partial charge is 0.317 e. The number of hydrogen-bond acceptors (Lipinski definition) is 3. The van der Waals surface area contributed by atoms with Gasteiger partial charge in [0.1, 0.15) is 0 Å². The van der Waals surface area contributed by atoms with E-state index in [9.17, 15) is 9.59 Å². The van der Waals surface area contributed by atoms with Crippen molar-refractivity contribution in [3.05, 3.63) is 30.3 Å². The Morgan fingerprint density at radius 3 is 2.68 bits per heavy atom. The van der Waals surface area contributed by atoms with Gasteiger partial charge in [0, 0.05) is 57.9 Å². The summed E-state index contributed by atoms with van der Waals surface area (Å²) in [6.07, 6.45) is 2.51. The quantitative estimate of drug-likeness (QED) is 0.889. The van der Waals surface area contributed by atoms with Crippen LogP contribution in [0.15, 0.2) is 30.3 Å². The van der Waals surface area contributed by atoms with E-state index in [2.05, 4.69) is 5.32 Å². The number of carbonyl (C=O) groups excluding carboxylic acids is 2. The fourth-order valence-electron chi connectivity index (χ4n) is 3.54. The molecule has 0 unspecified atom stereocenters. The molecule has 1 aromatic carbocycles. The Labute approximate surface area is 149 Å². The van der Waals surface area contributed by atoms with Crippen molar-refractivity contribution in [2.75, 3.05) is 44.8 Å². The summed E-state index contributed by atoms with van der Waals surface area (Å²) < 4.78 is 5.36.